The van der Waals surface area contributed by atoms with E-state index >= 15 is 0 Å². The molecule has 140 valence electrons. The van der Waals surface area contributed by atoms with Crippen LogP contribution in [0.4, 0.5) is 10.1 Å². The molecule has 3 rings (SSSR count). The Bertz CT molecular complexity index is 1090. The van der Waals surface area contributed by atoms with Crippen molar-refractivity contribution in [1.29, 1.82) is 0 Å². The van der Waals surface area contributed by atoms with Crippen molar-refractivity contribution in [3.05, 3.63) is 55.1 Å². The van der Waals surface area contributed by atoms with Gasteiger partial charge in [0.05, 0.1) is 4.92 Å². The van der Waals surface area contributed by atoms with Gasteiger partial charge in [-0.25, -0.2) is 9.18 Å². The summed E-state index contributed by atoms with van der Waals surface area (Å²) in [5.41, 5.74) is -3.22. The van der Waals surface area contributed by atoms with E-state index in [1.807, 2.05) is 0 Å². The van der Waals surface area contributed by atoms with Crippen molar-refractivity contribution in [3.8, 4) is 11.4 Å². The van der Waals surface area contributed by atoms with Gasteiger partial charge in [0.1, 0.15) is 11.9 Å². The maximum atomic E-state index is 14.5. The van der Waals surface area contributed by atoms with Gasteiger partial charge in [0.2, 0.25) is 5.75 Å². The number of amides is 2. The molecule has 1 aromatic heterocycles. The summed E-state index contributed by atoms with van der Waals surface area (Å²) in [4.78, 5) is 61.9. The Morgan fingerprint density at radius 3 is 2.41 bits per heavy atom. The second-order valence-electron chi connectivity index (χ2n) is 5.44. The highest BCUT2D eigenvalue weighted by Crippen LogP contribution is 2.32. The molecule has 1 aromatic carbocycles. The lowest BCUT2D eigenvalue weighted by molar-refractivity contribution is -0.386. The van der Waals surface area contributed by atoms with E-state index in [0.29, 0.717) is 26.4 Å². The third-order valence-corrected chi connectivity index (χ3v) is 3.73. The number of nitro groups is 1. The molecule has 0 atom stereocenters. The van der Waals surface area contributed by atoms with Crippen LogP contribution in [-0.2, 0) is 16.6 Å². The maximum Gasteiger partial charge on any atom is 0.352 e. The first-order valence-corrected chi connectivity index (χ1v) is 7.38. The fourth-order valence-electron chi connectivity index (χ4n) is 2.31. The van der Waals surface area contributed by atoms with Gasteiger partial charge >= 0.3 is 11.4 Å². The summed E-state index contributed by atoms with van der Waals surface area (Å²) in [5, 5.41) is 15.1. The Labute approximate surface area is 148 Å². The summed E-state index contributed by atoms with van der Waals surface area (Å²) in [6.45, 7) is 0. The zero-order chi connectivity index (χ0) is 19.9. The number of hydrogen-bond donors (Lipinski definition) is 0. The molecular formula is C14H10FN5O7. The minimum Gasteiger partial charge on any atom is -0.362 e. The van der Waals surface area contributed by atoms with Gasteiger partial charge < -0.3 is 4.84 Å². The molecular weight excluding hydrogens is 369 g/mol. The molecule has 1 saturated heterocycles. The van der Waals surface area contributed by atoms with Crippen LogP contribution in [0.3, 0.4) is 0 Å². The van der Waals surface area contributed by atoms with Gasteiger partial charge in [-0.2, -0.15) is 9.78 Å². The molecule has 2 aromatic rings. The summed E-state index contributed by atoms with van der Waals surface area (Å²) in [6, 6.07) is 1.19. The first-order valence-electron chi connectivity index (χ1n) is 7.38. The average molecular weight is 379 g/mol. The average Bonchev–Trinajstić information content (AvgIpc) is 2.92. The van der Waals surface area contributed by atoms with Crippen molar-refractivity contribution in [2.45, 2.75) is 12.8 Å². The van der Waals surface area contributed by atoms with Gasteiger partial charge in [0.25, 0.3) is 17.4 Å². The molecule has 0 bridgehead atoms. The maximum absolute atomic E-state index is 14.5. The lowest BCUT2D eigenvalue weighted by Crippen LogP contribution is -2.38. The Morgan fingerprint density at radius 2 is 1.81 bits per heavy atom. The van der Waals surface area contributed by atoms with Crippen LogP contribution in [0.5, 0.6) is 5.75 Å². The van der Waals surface area contributed by atoms with Gasteiger partial charge in [-0.1, -0.05) is 0 Å². The Morgan fingerprint density at radius 1 is 1.19 bits per heavy atom. The van der Waals surface area contributed by atoms with E-state index in [0.717, 1.165) is 13.2 Å². The van der Waals surface area contributed by atoms with Crippen molar-refractivity contribution in [2.75, 3.05) is 0 Å². The third kappa shape index (κ3) is 3.05. The number of nitrogens with zero attached hydrogens (tertiary/aromatic N) is 5. The van der Waals surface area contributed by atoms with Gasteiger partial charge in [0, 0.05) is 32.0 Å². The number of nitro benzene ring substituents is 1. The summed E-state index contributed by atoms with van der Waals surface area (Å²) < 4.78 is 15.6. The number of carbonyl (C=O) groups is 2. The van der Waals surface area contributed by atoms with Crippen LogP contribution in [0.1, 0.15) is 12.8 Å². The van der Waals surface area contributed by atoms with E-state index in [9.17, 15) is 33.7 Å². The molecule has 1 aliphatic heterocycles. The number of halogens is 1. The standard InChI is InChI=1S/C14H10FN5O7/c1-17-13(23)6-16-18(14(17)24)8-5-9(20(25)26)10(4-7(8)15)27-19-11(21)2-3-12(19)22/h4-6H,2-3H2,1H3. The molecule has 13 heteroatoms. The molecule has 1 fully saturated rings. The normalized spacial score (nSPS) is 13.9. The number of rotatable bonds is 4. The van der Waals surface area contributed by atoms with Crippen molar-refractivity contribution >= 4 is 17.5 Å². The van der Waals surface area contributed by atoms with Crippen LogP contribution < -0.4 is 16.1 Å². The van der Waals surface area contributed by atoms with Crippen LogP contribution in [0.2, 0.25) is 0 Å². The largest absolute Gasteiger partial charge is 0.362 e. The summed E-state index contributed by atoms with van der Waals surface area (Å²) in [7, 11) is 1.12. The number of aromatic nitrogens is 3. The zero-order valence-electron chi connectivity index (χ0n) is 13.6. The third-order valence-electron chi connectivity index (χ3n) is 3.73. The van der Waals surface area contributed by atoms with Crippen molar-refractivity contribution in [3.63, 3.8) is 0 Å². The second-order valence-corrected chi connectivity index (χ2v) is 5.44. The molecule has 27 heavy (non-hydrogen) atoms. The monoisotopic (exact) mass is 379 g/mol. The highest BCUT2D eigenvalue weighted by molar-refractivity contribution is 6.00. The van der Waals surface area contributed by atoms with Gasteiger partial charge in [0.15, 0.2) is 5.82 Å². The number of hydrogen-bond acceptors (Lipinski definition) is 8. The highest BCUT2D eigenvalue weighted by Gasteiger charge is 2.34. The smallest absolute Gasteiger partial charge is 0.352 e. The molecule has 0 aliphatic carbocycles. The van der Waals surface area contributed by atoms with Gasteiger partial charge in [-0.3, -0.25) is 29.1 Å². The predicted molar refractivity (Wildman–Crippen MR) is 83.4 cm³/mol. The molecule has 0 saturated carbocycles. The number of hydroxylamine groups is 2. The summed E-state index contributed by atoms with van der Waals surface area (Å²) >= 11 is 0. The van der Waals surface area contributed by atoms with Crippen LogP contribution in [0, 0.1) is 15.9 Å². The van der Waals surface area contributed by atoms with Crippen LogP contribution in [0.15, 0.2) is 27.9 Å². The van der Waals surface area contributed by atoms with Crippen LogP contribution in [0.25, 0.3) is 5.69 Å². The minimum atomic E-state index is -1.16. The lowest BCUT2D eigenvalue weighted by Gasteiger charge is -2.15. The topological polar surface area (TPSA) is 147 Å². The number of imide groups is 1. The summed E-state index contributed by atoms with van der Waals surface area (Å²) in [5.74, 6) is -3.32. The Kier molecular flexibility index (Phi) is 4.27. The van der Waals surface area contributed by atoms with E-state index < -0.39 is 50.9 Å². The van der Waals surface area contributed by atoms with E-state index in [4.69, 9.17) is 4.84 Å². The minimum absolute atomic E-state index is 0.134. The molecule has 0 N–H and O–H groups in total. The molecule has 0 unspecified atom stereocenters. The number of benzene rings is 1. The highest BCUT2D eigenvalue weighted by atomic mass is 19.1. The van der Waals surface area contributed by atoms with Gasteiger partial charge in [-0.05, 0) is 0 Å². The molecule has 0 spiro atoms. The van der Waals surface area contributed by atoms with E-state index in [2.05, 4.69) is 5.10 Å². The molecule has 0 radical (unpaired) electrons. The van der Waals surface area contributed by atoms with Crippen molar-refractivity contribution in [2.24, 2.45) is 7.05 Å². The molecule has 1 aliphatic rings. The SMILES string of the molecule is Cn1c(=O)cnn(-c2cc([N+](=O)[O-])c(ON3C(=O)CCC3=O)cc2F)c1=O. The predicted octanol–water partition coefficient (Wildman–Crippen LogP) is -0.579. The summed E-state index contributed by atoms with van der Waals surface area (Å²) in [6.07, 6.45) is 0.466. The van der Waals surface area contributed by atoms with Crippen LogP contribution in [-0.4, -0.2) is 36.1 Å². The van der Waals surface area contributed by atoms with Crippen LogP contribution >= 0.6 is 0 Å². The van der Waals surface area contributed by atoms with Crippen molar-refractivity contribution in [1.82, 2.24) is 19.4 Å². The van der Waals surface area contributed by atoms with E-state index in [1.165, 1.54) is 0 Å². The Hall–Kier alpha value is -3.90. The van der Waals surface area contributed by atoms with Crippen molar-refractivity contribution < 1.29 is 23.7 Å². The molecule has 2 heterocycles. The molecule has 2 amide bonds. The Balaban J connectivity index is 2.13. The van der Waals surface area contributed by atoms with E-state index in [1.54, 1.807) is 0 Å². The fourth-order valence-corrected chi connectivity index (χ4v) is 2.31. The molecule has 12 nitrogen and oxygen atoms in total. The zero-order valence-corrected chi connectivity index (χ0v) is 13.6. The second kappa shape index (κ2) is 6.44. The van der Waals surface area contributed by atoms with Gasteiger partial charge in [-0.15, -0.1) is 5.06 Å². The first-order chi connectivity index (χ1) is 12.7. The lowest BCUT2D eigenvalue weighted by atomic mass is 10.2. The number of carbonyl (C=O) groups excluding carboxylic acids is 2. The fraction of sp³-hybridized carbons (Fsp3) is 0.214. The van der Waals surface area contributed by atoms with E-state index in [-0.39, 0.29) is 12.8 Å². The first kappa shape index (κ1) is 17.9. The quantitative estimate of drug-likeness (QED) is 0.389.